The Balaban J connectivity index is 1.99. The fourth-order valence-corrected chi connectivity index (χ4v) is 3.04. The van der Waals surface area contributed by atoms with E-state index in [1.54, 1.807) is 12.1 Å². The maximum atomic E-state index is 12.9. The third-order valence-electron chi connectivity index (χ3n) is 4.24. The van der Waals surface area contributed by atoms with Crippen LogP contribution < -0.4 is 5.73 Å². The van der Waals surface area contributed by atoms with E-state index >= 15 is 0 Å². The summed E-state index contributed by atoms with van der Waals surface area (Å²) in [5.74, 6) is -0.123. The van der Waals surface area contributed by atoms with Crippen molar-refractivity contribution in [2.24, 2.45) is 5.73 Å². The third-order valence-corrected chi connectivity index (χ3v) is 4.24. The quantitative estimate of drug-likeness (QED) is 0.907. The molecule has 0 saturated heterocycles. The van der Waals surface area contributed by atoms with Gasteiger partial charge in [-0.2, -0.15) is 0 Å². The largest absolute Gasteiger partial charge is 0.339 e. The van der Waals surface area contributed by atoms with Gasteiger partial charge < -0.3 is 10.6 Å². The molecule has 2 N–H and O–H groups in total. The Morgan fingerprint density at radius 2 is 1.86 bits per heavy atom. The number of rotatable bonds is 5. The molecule has 21 heavy (non-hydrogen) atoms. The van der Waals surface area contributed by atoms with Crippen LogP contribution in [0.25, 0.3) is 0 Å². The van der Waals surface area contributed by atoms with Gasteiger partial charge in [0.2, 0.25) is 5.91 Å². The molecule has 0 aliphatic heterocycles. The first-order valence-corrected chi connectivity index (χ1v) is 7.89. The number of amides is 1. The fourth-order valence-electron chi connectivity index (χ4n) is 3.04. The molecule has 1 aliphatic rings. The van der Waals surface area contributed by atoms with E-state index in [0.29, 0.717) is 12.5 Å². The smallest absolute Gasteiger partial charge is 0.227 e. The lowest BCUT2D eigenvalue weighted by atomic mass is 9.90. The second-order valence-corrected chi connectivity index (χ2v) is 5.96. The number of benzene rings is 1. The lowest BCUT2D eigenvalue weighted by Crippen LogP contribution is -2.45. The molecule has 0 spiro atoms. The number of nitrogens with two attached hydrogens (primary N) is 1. The molecule has 0 atom stereocenters. The van der Waals surface area contributed by atoms with Gasteiger partial charge in [0.25, 0.3) is 0 Å². The van der Waals surface area contributed by atoms with E-state index in [1.807, 2.05) is 4.90 Å². The van der Waals surface area contributed by atoms with E-state index in [4.69, 9.17) is 5.73 Å². The van der Waals surface area contributed by atoms with Crippen molar-refractivity contribution in [3.63, 3.8) is 0 Å². The van der Waals surface area contributed by atoms with Crippen molar-refractivity contribution in [3.8, 4) is 0 Å². The van der Waals surface area contributed by atoms with Gasteiger partial charge >= 0.3 is 0 Å². The Morgan fingerprint density at radius 3 is 2.43 bits per heavy atom. The second kappa shape index (κ2) is 7.55. The monoisotopic (exact) mass is 292 g/mol. The minimum absolute atomic E-state index is 0.143. The molecule has 4 heteroatoms. The Kier molecular flexibility index (Phi) is 5.74. The number of nitrogens with zero attached hydrogens (tertiary/aromatic N) is 1. The number of halogens is 1. The fraction of sp³-hybridized carbons (Fsp3) is 0.588. The zero-order valence-corrected chi connectivity index (χ0v) is 12.7. The summed E-state index contributed by atoms with van der Waals surface area (Å²) in [6, 6.07) is 6.80. The van der Waals surface area contributed by atoms with Crippen LogP contribution in [-0.2, 0) is 11.2 Å². The highest BCUT2D eigenvalue weighted by Gasteiger charge is 2.27. The Hall–Kier alpha value is -1.42. The first-order chi connectivity index (χ1) is 10.1. The Morgan fingerprint density at radius 1 is 1.24 bits per heavy atom. The highest BCUT2D eigenvalue weighted by atomic mass is 19.1. The molecule has 1 amide bonds. The first-order valence-electron chi connectivity index (χ1n) is 7.89. The van der Waals surface area contributed by atoms with Crippen molar-refractivity contribution in [1.82, 2.24) is 4.90 Å². The van der Waals surface area contributed by atoms with Crippen molar-refractivity contribution in [2.45, 2.75) is 57.5 Å². The van der Waals surface area contributed by atoms with Crippen LogP contribution in [0.2, 0.25) is 0 Å². The summed E-state index contributed by atoms with van der Waals surface area (Å²) >= 11 is 0. The van der Waals surface area contributed by atoms with Gasteiger partial charge in [-0.1, -0.05) is 19.1 Å². The van der Waals surface area contributed by atoms with Crippen molar-refractivity contribution >= 4 is 5.91 Å². The average molecular weight is 292 g/mol. The summed E-state index contributed by atoms with van der Waals surface area (Å²) in [7, 11) is 0. The molecule has 1 aromatic carbocycles. The van der Waals surface area contributed by atoms with E-state index in [-0.39, 0.29) is 17.8 Å². The molecule has 2 rings (SSSR count). The van der Waals surface area contributed by atoms with Gasteiger partial charge in [-0.15, -0.1) is 0 Å². The molecule has 1 fully saturated rings. The summed E-state index contributed by atoms with van der Waals surface area (Å²) in [5, 5.41) is 0. The van der Waals surface area contributed by atoms with Crippen LogP contribution in [0.5, 0.6) is 0 Å². The second-order valence-electron chi connectivity index (χ2n) is 5.96. The predicted octanol–water partition coefficient (Wildman–Crippen LogP) is 2.88. The topological polar surface area (TPSA) is 46.3 Å². The van der Waals surface area contributed by atoms with Gasteiger partial charge in [-0.25, -0.2) is 4.39 Å². The van der Waals surface area contributed by atoms with Crippen molar-refractivity contribution in [1.29, 1.82) is 0 Å². The van der Waals surface area contributed by atoms with Crippen molar-refractivity contribution in [2.75, 3.05) is 6.54 Å². The molecule has 0 radical (unpaired) electrons. The molecule has 1 saturated carbocycles. The SMILES string of the molecule is CCCN(C(=O)Cc1ccc(F)cc1)C1CCC(N)CC1. The summed E-state index contributed by atoms with van der Waals surface area (Å²) < 4.78 is 12.9. The number of carbonyl (C=O) groups excluding carboxylic acids is 1. The van der Waals surface area contributed by atoms with E-state index in [2.05, 4.69) is 6.92 Å². The highest BCUT2D eigenvalue weighted by molar-refractivity contribution is 5.79. The summed E-state index contributed by atoms with van der Waals surface area (Å²) in [4.78, 5) is 14.6. The van der Waals surface area contributed by atoms with Crippen LogP contribution >= 0.6 is 0 Å². The van der Waals surface area contributed by atoms with E-state index in [0.717, 1.165) is 44.2 Å². The van der Waals surface area contributed by atoms with Gasteiger partial charge in [0.15, 0.2) is 0 Å². The van der Waals surface area contributed by atoms with E-state index < -0.39 is 0 Å². The summed E-state index contributed by atoms with van der Waals surface area (Å²) in [5.41, 5.74) is 6.82. The van der Waals surface area contributed by atoms with Crippen LogP contribution in [0.15, 0.2) is 24.3 Å². The average Bonchev–Trinajstić information content (AvgIpc) is 2.48. The normalized spacial score (nSPS) is 22.0. The maximum absolute atomic E-state index is 12.9. The molecule has 1 aromatic rings. The molecular formula is C17H25FN2O. The van der Waals surface area contributed by atoms with Crippen molar-refractivity contribution < 1.29 is 9.18 Å². The zero-order valence-electron chi connectivity index (χ0n) is 12.7. The third kappa shape index (κ3) is 4.53. The highest BCUT2D eigenvalue weighted by Crippen LogP contribution is 2.23. The molecule has 1 aliphatic carbocycles. The van der Waals surface area contributed by atoms with Gasteiger partial charge in [0.1, 0.15) is 5.82 Å². The molecule has 3 nitrogen and oxygen atoms in total. The number of carbonyl (C=O) groups is 1. The zero-order chi connectivity index (χ0) is 15.2. The lowest BCUT2D eigenvalue weighted by molar-refractivity contribution is -0.133. The van der Waals surface area contributed by atoms with Crippen molar-refractivity contribution in [3.05, 3.63) is 35.6 Å². The Bertz CT molecular complexity index is 452. The van der Waals surface area contributed by atoms with Gasteiger partial charge in [0, 0.05) is 18.6 Å². The predicted molar refractivity (Wildman–Crippen MR) is 82.3 cm³/mol. The molecule has 116 valence electrons. The van der Waals surface area contributed by atoms with Gasteiger partial charge in [-0.05, 0) is 49.8 Å². The van der Waals surface area contributed by atoms with Crippen LogP contribution in [-0.4, -0.2) is 29.4 Å². The Labute approximate surface area is 126 Å². The molecule has 0 heterocycles. The van der Waals surface area contributed by atoms with Gasteiger partial charge in [-0.3, -0.25) is 4.79 Å². The molecular weight excluding hydrogens is 267 g/mol. The number of hydrogen-bond donors (Lipinski definition) is 1. The summed E-state index contributed by atoms with van der Waals surface area (Å²) in [6.07, 6.45) is 5.29. The molecule has 0 aromatic heterocycles. The molecule has 0 bridgehead atoms. The molecule has 0 unspecified atom stereocenters. The first kappa shape index (κ1) is 16.0. The van der Waals surface area contributed by atoms with Crippen LogP contribution in [0.4, 0.5) is 4.39 Å². The summed E-state index contributed by atoms with van der Waals surface area (Å²) in [6.45, 7) is 2.88. The van der Waals surface area contributed by atoms with Crippen LogP contribution in [0, 0.1) is 5.82 Å². The van der Waals surface area contributed by atoms with Crippen LogP contribution in [0.3, 0.4) is 0 Å². The standard InChI is InChI=1S/C17H25FN2O/c1-2-11-20(16-9-7-15(19)8-10-16)17(21)12-13-3-5-14(18)6-4-13/h3-6,15-16H,2,7-12,19H2,1H3. The van der Waals surface area contributed by atoms with Crippen LogP contribution in [0.1, 0.15) is 44.6 Å². The van der Waals surface area contributed by atoms with E-state index in [9.17, 15) is 9.18 Å². The maximum Gasteiger partial charge on any atom is 0.227 e. The number of hydrogen-bond acceptors (Lipinski definition) is 2. The van der Waals surface area contributed by atoms with E-state index in [1.165, 1.54) is 12.1 Å². The lowest BCUT2D eigenvalue weighted by Gasteiger charge is -2.36. The minimum atomic E-state index is -0.266. The minimum Gasteiger partial charge on any atom is -0.339 e. The van der Waals surface area contributed by atoms with Gasteiger partial charge in [0.05, 0.1) is 6.42 Å².